The van der Waals surface area contributed by atoms with E-state index in [1.165, 1.54) is 6.20 Å². The molecular weight excluding hydrogens is 434 g/mol. The third kappa shape index (κ3) is 5.24. The molecule has 2 N–H and O–H groups in total. The zero-order valence-corrected chi connectivity index (χ0v) is 16.7. The number of amides is 1. The molecule has 0 aliphatic rings. The fraction of sp³-hybridized carbons (Fsp3) is 0. The number of nitrogens with one attached hydrogen (secondary N) is 1. The van der Waals surface area contributed by atoms with Crippen molar-refractivity contribution in [1.82, 2.24) is 4.98 Å². The van der Waals surface area contributed by atoms with Crippen LogP contribution in [0.25, 0.3) is 0 Å². The average Bonchev–Trinajstić information content (AvgIpc) is 2.76. The number of para-hydroxylation sites is 1. The molecule has 1 aromatic heterocycles. The first kappa shape index (κ1) is 20.2. The summed E-state index contributed by atoms with van der Waals surface area (Å²) in [5, 5.41) is 11.9. The van der Waals surface area contributed by atoms with Gasteiger partial charge in [-0.15, -0.1) is 0 Å². The number of carbonyl (C=O) groups excluding carboxylic acids is 1. The number of pyridine rings is 1. The zero-order valence-electron chi connectivity index (χ0n) is 15.1. The predicted molar refractivity (Wildman–Crippen MR) is 115 cm³/mol. The normalized spacial score (nSPS) is 11.8. The monoisotopic (exact) mass is 449 g/mol. The molecule has 144 valence electrons. The average molecular weight is 450 g/mol. The van der Waals surface area contributed by atoms with Gasteiger partial charge in [0.25, 0.3) is 5.91 Å². The molecule has 0 aliphatic heterocycles. The Labute approximate surface area is 175 Å². The Morgan fingerprint density at radius 3 is 2.34 bits per heavy atom. The molecule has 0 atom stereocenters. The maximum atomic E-state index is 12.6. The van der Waals surface area contributed by atoms with Crippen LogP contribution < -0.4 is 5.32 Å². The first-order valence-electron chi connectivity index (χ1n) is 8.60. The molecule has 0 unspecified atom stereocenters. The van der Waals surface area contributed by atoms with E-state index in [0.717, 1.165) is 5.56 Å². The highest BCUT2D eigenvalue weighted by Crippen LogP contribution is 2.22. The quantitative estimate of drug-likeness (QED) is 0.428. The largest absolute Gasteiger partial charge is 0.477 e. The zero-order chi connectivity index (χ0) is 20.6. The van der Waals surface area contributed by atoms with Crippen LogP contribution in [0.3, 0.4) is 0 Å². The standard InChI is InChI=1S/C22H16BrN3O3/c23-17(22(28)29)14-25-20(15-8-2-1-3-9-15)16-10-4-5-11-18(16)26-21(27)19-12-6-7-13-24-19/h1-14H,(H,26,27)(H,28,29)/b17-14+,25-20?. The van der Waals surface area contributed by atoms with Crippen LogP contribution >= 0.6 is 15.9 Å². The number of hydrogen-bond acceptors (Lipinski definition) is 4. The number of rotatable bonds is 6. The summed E-state index contributed by atoms with van der Waals surface area (Å²) in [6, 6.07) is 21.6. The number of halogens is 1. The summed E-state index contributed by atoms with van der Waals surface area (Å²) in [6.45, 7) is 0. The van der Waals surface area contributed by atoms with Crippen molar-refractivity contribution < 1.29 is 14.7 Å². The number of hydrogen-bond donors (Lipinski definition) is 2. The molecule has 1 heterocycles. The molecule has 0 bridgehead atoms. The van der Waals surface area contributed by atoms with E-state index in [0.29, 0.717) is 17.0 Å². The Morgan fingerprint density at radius 2 is 1.66 bits per heavy atom. The molecule has 29 heavy (non-hydrogen) atoms. The van der Waals surface area contributed by atoms with E-state index in [4.69, 9.17) is 5.11 Å². The molecule has 7 heteroatoms. The summed E-state index contributed by atoms with van der Waals surface area (Å²) < 4.78 is -0.0825. The van der Waals surface area contributed by atoms with Crippen LogP contribution in [0, 0.1) is 0 Å². The highest BCUT2D eigenvalue weighted by atomic mass is 79.9. The van der Waals surface area contributed by atoms with Crippen LogP contribution in [0.1, 0.15) is 21.6 Å². The van der Waals surface area contributed by atoms with E-state index in [2.05, 4.69) is 31.2 Å². The van der Waals surface area contributed by atoms with Crippen molar-refractivity contribution in [2.45, 2.75) is 0 Å². The SMILES string of the molecule is O=C(O)/C(Br)=C\N=C(c1ccccc1)c1ccccc1NC(=O)c1ccccn1. The molecule has 0 fully saturated rings. The summed E-state index contributed by atoms with van der Waals surface area (Å²) in [5.41, 5.74) is 2.75. The van der Waals surface area contributed by atoms with Gasteiger partial charge in [0.05, 0.1) is 11.4 Å². The number of aliphatic carboxylic acids is 1. The van der Waals surface area contributed by atoms with Gasteiger partial charge in [0.2, 0.25) is 0 Å². The van der Waals surface area contributed by atoms with E-state index >= 15 is 0 Å². The summed E-state index contributed by atoms with van der Waals surface area (Å²) in [5.74, 6) is -1.48. The second-order valence-corrected chi connectivity index (χ2v) is 6.69. The van der Waals surface area contributed by atoms with Crippen molar-refractivity contribution in [2.24, 2.45) is 4.99 Å². The summed E-state index contributed by atoms with van der Waals surface area (Å²) in [6.07, 6.45) is 2.77. The number of nitrogens with zero attached hydrogens (tertiary/aromatic N) is 2. The maximum absolute atomic E-state index is 12.6. The Bertz CT molecular complexity index is 1080. The number of carboxylic acid groups (broad SMARTS) is 1. The molecule has 3 aromatic rings. The van der Waals surface area contributed by atoms with Gasteiger partial charge in [0.1, 0.15) is 10.2 Å². The third-order valence-corrected chi connectivity index (χ3v) is 4.43. The van der Waals surface area contributed by atoms with Gasteiger partial charge in [-0.05, 0) is 34.1 Å². The molecule has 3 rings (SSSR count). The van der Waals surface area contributed by atoms with Crippen molar-refractivity contribution in [2.75, 3.05) is 5.32 Å². The molecular formula is C22H16BrN3O3. The number of carbonyl (C=O) groups is 2. The Balaban J connectivity index is 2.05. The minimum atomic E-state index is -1.13. The van der Waals surface area contributed by atoms with Crippen molar-refractivity contribution in [3.8, 4) is 0 Å². The lowest BCUT2D eigenvalue weighted by atomic mass is 10.0. The number of carboxylic acids is 1. The van der Waals surface area contributed by atoms with E-state index in [9.17, 15) is 9.59 Å². The lowest BCUT2D eigenvalue weighted by Gasteiger charge is -2.13. The van der Waals surface area contributed by atoms with Crippen molar-refractivity contribution >= 4 is 39.2 Å². The van der Waals surface area contributed by atoms with E-state index < -0.39 is 5.97 Å². The van der Waals surface area contributed by atoms with Gasteiger partial charge in [0.15, 0.2) is 0 Å². The van der Waals surface area contributed by atoms with Crippen LogP contribution in [-0.2, 0) is 4.79 Å². The molecule has 0 saturated carbocycles. The number of anilines is 1. The van der Waals surface area contributed by atoms with E-state index in [-0.39, 0.29) is 16.1 Å². The van der Waals surface area contributed by atoms with Gasteiger partial charge >= 0.3 is 5.97 Å². The highest BCUT2D eigenvalue weighted by Gasteiger charge is 2.15. The Hall–Kier alpha value is -3.58. The lowest BCUT2D eigenvalue weighted by Crippen LogP contribution is -2.16. The summed E-state index contributed by atoms with van der Waals surface area (Å²) in [7, 11) is 0. The summed E-state index contributed by atoms with van der Waals surface area (Å²) >= 11 is 2.98. The fourth-order valence-electron chi connectivity index (χ4n) is 2.55. The summed E-state index contributed by atoms with van der Waals surface area (Å²) in [4.78, 5) is 32.1. The van der Waals surface area contributed by atoms with Gasteiger partial charge < -0.3 is 10.4 Å². The van der Waals surface area contributed by atoms with E-state index in [1.54, 1.807) is 36.5 Å². The molecule has 0 radical (unpaired) electrons. The highest BCUT2D eigenvalue weighted by molar-refractivity contribution is 9.12. The van der Waals surface area contributed by atoms with Crippen LogP contribution in [0.5, 0.6) is 0 Å². The number of benzene rings is 2. The first-order chi connectivity index (χ1) is 14.1. The van der Waals surface area contributed by atoms with Crippen molar-refractivity contribution in [3.63, 3.8) is 0 Å². The topological polar surface area (TPSA) is 91.6 Å². The molecule has 2 aromatic carbocycles. The van der Waals surface area contributed by atoms with Gasteiger partial charge in [-0.2, -0.15) is 0 Å². The van der Waals surface area contributed by atoms with Crippen molar-refractivity contribution in [3.05, 3.63) is 106 Å². The third-order valence-electron chi connectivity index (χ3n) is 3.89. The van der Waals surface area contributed by atoms with Crippen LogP contribution in [0.2, 0.25) is 0 Å². The van der Waals surface area contributed by atoms with Crippen LogP contribution in [0.15, 0.2) is 94.7 Å². The fourth-order valence-corrected chi connectivity index (χ4v) is 2.66. The van der Waals surface area contributed by atoms with Crippen LogP contribution in [-0.4, -0.2) is 27.7 Å². The van der Waals surface area contributed by atoms with Gasteiger partial charge in [-0.25, -0.2) is 4.79 Å². The number of aromatic nitrogens is 1. The lowest BCUT2D eigenvalue weighted by molar-refractivity contribution is -0.131. The molecule has 6 nitrogen and oxygen atoms in total. The molecule has 1 amide bonds. The minimum absolute atomic E-state index is 0.0825. The minimum Gasteiger partial charge on any atom is -0.477 e. The number of aliphatic imine (C=N–C) groups is 1. The first-order valence-corrected chi connectivity index (χ1v) is 9.39. The maximum Gasteiger partial charge on any atom is 0.344 e. The van der Waals surface area contributed by atoms with Crippen molar-refractivity contribution in [1.29, 1.82) is 0 Å². The van der Waals surface area contributed by atoms with Gasteiger partial charge in [-0.3, -0.25) is 14.8 Å². The smallest absolute Gasteiger partial charge is 0.344 e. The van der Waals surface area contributed by atoms with E-state index in [1.807, 2.05) is 42.5 Å². The Morgan fingerprint density at radius 1 is 0.966 bits per heavy atom. The Kier molecular flexibility index (Phi) is 6.65. The molecule has 0 saturated heterocycles. The van der Waals surface area contributed by atoms with Crippen LogP contribution in [0.4, 0.5) is 5.69 Å². The van der Waals surface area contributed by atoms with Gasteiger partial charge in [-0.1, -0.05) is 54.6 Å². The predicted octanol–water partition coefficient (Wildman–Crippen LogP) is 4.49. The molecule has 0 spiro atoms. The van der Waals surface area contributed by atoms with Gasteiger partial charge in [0, 0.05) is 23.5 Å². The molecule has 0 aliphatic carbocycles. The second kappa shape index (κ2) is 9.57. The second-order valence-electron chi connectivity index (χ2n) is 5.84.